The minimum absolute atomic E-state index is 0.168. The van der Waals surface area contributed by atoms with Crippen LogP contribution in [0.15, 0.2) is 45.3 Å². The van der Waals surface area contributed by atoms with Crippen molar-refractivity contribution >= 4 is 33.7 Å². The van der Waals surface area contributed by atoms with Crippen molar-refractivity contribution in [3.05, 3.63) is 61.3 Å². The van der Waals surface area contributed by atoms with Crippen molar-refractivity contribution in [2.24, 2.45) is 0 Å². The van der Waals surface area contributed by atoms with Crippen molar-refractivity contribution in [2.75, 3.05) is 5.32 Å². The molecular formula is C14H11N3O3S. The summed E-state index contributed by atoms with van der Waals surface area (Å²) in [6, 6.07) is 8.38. The van der Waals surface area contributed by atoms with Gasteiger partial charge < -0.3 is 5.32 Å². The van der Waals surface area contributed by atoms with E-state index < -0.39 is 5.56 Å². The van der Waals surface area contributed by atoms with E-state index in [1.54, 1.807) is 6.07 Å². The molecule has 7 heteroatoms. The average molecular weight is 301 g/mol. The number of carbonyl (C=O) groups excluding carboxylic acids is 1. The van der Waals surface area contributed by atoms with Gasteiger partial charge in [-0.1, -0.05) is 6.07 Å². The molecule has 0 aliphatic rings. The Morgan fingerprint density at radius 3 is 2.57 bits per heavy atom. The number of benzene rings is 1. The lowest BCUT2D eigenvalue weighted by atomic mass is 10.1. The van der Waals surface area contributed by atoms with E-state index in [0.29, 0.717) is 5.69 Å². The first kappa shape index (κ1) is 13.3. The Morgan fingerprint density at radius 2 is 1.86 bits per heavy atom. The number of carbonyl (C=O) groups is 1. The predicted octanol–water partition coefficient (Wildman–Crippen LogP) is 1.46. The van der Waals surface area contributed by atoms with Crippen molar-refractivity contribution in [3.8, 4) is 0 Å². The summed E-state index contributed by atoms with van der Waals surface area (Å²) in [6.07, 6.45) is 0.279. The van der Waals surface area contributed by atoms with Crippen LogP contribution in [0, 0.1) is 0 Å². The molecule has 0 atom stereocenters. The standard InChI is InChI=1S/C14H11N3O3S/c18-12(7-9-2-1-5-21-9)15-8-3-4-10-11(6-8)14(20)17-16-13(10)19/h1-6H,7H2,(H,15,18)(H,16,19)(H,17,20). The molecule has 21 heavy (non-hydrogen) atoms. The Kier molecular flexibility index (Phi) is 3.41. The molecule has 0 saturated heterocycles. The molecule has 3 rings (SSSR count). The summed E-state index contributed by atoms with van der Waals surface area (Å²) in [6.45, 7) is 0. The molecule has 0 aliphatic heterocycles. The first-order chi connectivity index (χ1) is 10.1. The Morgan fingerprint density at radius 1 is 1.10 bits per heavy atom. The second-order valence-corrected chi connectivity index (χ2v) is 5.51. The summed E-state index contributed by atoms with van der Waals surface area (Å²) in [4.78, 5) is 36.1. The second kappa shape index (κ2) is 5.37. The number of amides is 1. The molecule has 0 fully saturated rings. The monoisotopic (exact) mass is 301 g/mol. The molecule has 1 aromatic carbocycles. The van der Waals surface area contributed by atoms with Crippen LogP contribution in [0.3, 0.4) is 0 Å². The largest absolute Gasteiger partial charge is 0.326 e. The van der Waals surface area contributed by atoms with E-state index in [4.69, 9.17) is 0 Å². The number of rotatable bonds is 3. The van der Waals surface area contributed by atoms with Crippen LogP contribution in [-0.4, -0.2) is 16.1 Å². The lowest BCUT2D eigenvalue weighted by Gasteiger charge is -2.05. The number of hydrogen-bond donors (Lipinski definition) is 3. The molecule has 0 unspecified atom stereocenters. The maximum absolute atomic E-state index is 11.9. The number of fused-ring (bicyclic) bond motifs is 1. The molecular weight excluding hydrogens is 290 g/mol. The zero-order chi connectivity index (χ0) is 14.8. The van der Waals surface area contributed by atoms with Crippen LogP contribution in [0.2, 0.25) is 0 Å². The van der Waals surface area contributed by atoms with Gasteiger partial charge in [0.2, 0.25) is 5.91 Å². The van der Waals surface area contributed by atoms with Gasteiger partial charge in [0.05, 0.1) is 17.2 Å². The third-order valence-corrected chi connectivity index (χ3v) is 3.87. The maximum Gasteiger partial charge on any atom is 0.270 e. The molecule has 0 bridgehead atoms. The Balaban J connectivity index is 1.88. The van der Waals surface area contributed by atoms with E-state index in [1.807, 2.05) is 17.5 Å². The van der Waals surface area contributed by atoms with Gasteiger partial charge in [0.1, 0.15) is 0 Å². The molecule has 3 N–H and O–H groups in total. The molecule has 2 heterocycles. The summed E-state index contributed by atoms with van der Waals surface area (Å²) < 4.78 is 0. The quantitative estimate of drug-likeness (QED) is 0.683. The van der Waals surface area contributed by atoms with Gasteiger partial charge in [0.25, 0.3) is 11.1 Å². The number of anilines is 1. The molecule has 3 aromatic rings. The molecule has 0 spiro atoms. The highest BCUT2D eigenvalue weighted by molar-refractivity contribution is 7.10. The van der Waals surface area contributed by atoms with Gasteiger partial charge in [-0.25, -0.2) is 0 Å². The van der Waals surface area contributed by atoms with Crippen LogP contribution in [0.4, 0.5) is 5.69 Å². The molecule has 0 saturated carbocycles. The fourth-order valence-electron chi connectivity index (χ4n) is 2.03. The summed E-state index contributed by atoms with van der Waals surface area (Å²) >= 11 is 1.51. The molecule has 0 aliphatic carbocycles. The zero-order valence-corrected chi connectivity index (χ0v) is 11.6. The van der Waals surface area contributed by atoms with Crippen LogP contribution in [0.25, 0.3) is 10.8 Å². The topological polar surface area (TPSA) is 94.8 Å². The average Bonchev–Trinajstić information content (AvgIpc) is 2.96. The Bertz CT molecular complexity index is 909. The highest BCUT2D eigenvalue weighted by Gasteiger charge is 2.08. The van der Waals surface area contributed by atoms with Gasteiger partial charge in [-0.2, -0.15) is 0 Å². The van der Waals surface area contributed by atoms with Crippen LogP contribution in [0.1, 0.15) is 4.88 Å². The van der Waals surface area contributed by atoms with E-state index in [9.17, 15) is 14.4 Å². The molecule has 0 radical (unpaired) electrons. The number of thiophene rings is 1. The summed E-state index contributed by atoms with van der Waals surface area (Å²) in [7, 11) is 0. The van der Waals surface area contributed by atoms with Gasteiger partial charge in [-0.15, -0.1) is 11.3 Å². The van der Waals surface area contributed by atoms with Crippen molar-refractivity contribution in [1.82, 2.24) is 10.2 Å². The SMILES string of the molecule is O=C(Cc1cccs1)Nc1ccc2c(=O)[nH][nH]c(=O)c2c1. The van der Waals surface area contributed by atoms with Gasteiger partial charge in [-0.3, -0.25) is 24.6 Å². The van der Waals surface area contributed by atoms with Gasteiger partial charge in [0.15, 0.2) is 0 Å². The summed E-state index contributed by atoms with van der Waals surface area (Å²) in [5.74, 6) is -0.168. The van der Waals surface area contributed by atoms with Crippen LogP contribution in [-0.2, 0) is 11.2 Å². The predicted molar refractivity (Wildman–Crippen MR) is 81.8 cm³/mol. The number of aromatic nitrogens is 2. The fourth-order valence-corrected chi connectivity index (χ4v) is 2.74. The maximum atomic E-state index is 11.9. The van der Waals surface area contributed by atoms with E-state index >= 15 is 0 Å². The first-order valence-electron chi connectivity index (χ1n) is 6.20. The normalized spacial score (nSPS) is 10.7. The summed E-state index contributed by atoms with van der Waals surface area (Å²) in [5.41, 5.74) is -0.292. The lowest BCUT2D eigenvalue weighted by Crippen LogP contribution is -2.19. The van der Waals surface area contributed by atoms with Crippen molar-refractivity contribution < 1.29 is 4.79 Å². The lowest BCUT2D eigenvalue weighted by molar-refractivity contribution is -0.115. The molecule has 6 nitrogen and oxygen atoms in total. The number of aromatic amines is 2. The van der Waals surface area contributed by atoms with Crippen molar-refractivity contribution in [3.63, 3.8) is 0 Å². The number of hydrogen-bond acceptors (Lipinski definition) is 4. The van der Waals surface area contributed by atoms with Crippen LogP contribution >= 0.6 is 11.3 Å². The molecule has 1 amide bonds. The van der Waals surface area contributed by atoms with Crippen LogP contribution in [0.5, 0.6) is 0 Å². The molecule has 2 aromatic heterocycles. The van der Waals surface area contributed by atoms with Crippen molar-refractivity contribution in [2.45, 2.75) is 6.42 Å². The second-order valence-electron chi connectivity index (χ2n) is 4.47. The highest BCUT2D eigenvalue weighted by atomic mass is 32.1. The smallest absolute Gasteiger partial charge is 0.270 e. The third-order valence-electron chi connectivity index (χ3n) is 3.00. The minimum atomic E-state index is -0.404. The minimum Gasteiger partial charge on any atom is -0.326 e. The van der Waals surface area contributed by atoms with Crippen molar-refractivity contribution in [1.29, 1.82) is 0 Å². The van der Waals surface area contributed by atoms with E-state index in [2.05, 4.69) is 15.5 Å². The Hall–Kier alpha value is -2.67. The van der Waals surface area contributed by atoms with E-state index in [-0.39, 0.29) is 28.7 Å². The summed E-state index contributed by atoms with van der Waals surface area (Å²) in [5, 5.41) is 9.67. The van der Waals surface area contributed by atoms with Gasteiger partial charge in [0, 0.05) is 10.6 Å². The molecule has 106 valence electrons. The number of H-pyrrole nitrogens is 2. The number of nitrogens with one attached hydrogen (secondary N) is 3. The van der Waals surface area contributed by atoms with E-state index in [1.165, 1.54) is 23.5 Å². The van der Waals surface area contributed by atoms with Crippen LogP contribution < -0.4 is 16.4 Å². The Labute approximate surface area is 122 Å². The fraction of sp³-hybridized carbons (Fsp3) is 0.0714. The highest BCUT2D eigenvalue weighted by Crippen LogP contribution is 2.14. The third kappa shape index (κ3) is 2.77. The van der Waals surface area contributed by atoms with Gasteiger partial charge in [-0.05, 0) is 29.6 Å². The van der Waals surface area contributed by atoms with Gasteiger partial charge >= 0.3 is 0 Å². The van der Waals surface area contributed by atoms with E-state index in [0.717, 1.165) is 4.88 Å². The first-order valence-corrected chi connectivity index (χ1v) is 7.08. The zero-order valence-electron chi connectivity index (χ0n) is 10.8.